The van der Waals surface area contributed by atoms with Crippen LogP contribution in [-0.2, 0) is 4.79 Å². The van der Waals surface area contributed by atoms with E-state index in [4.69, 9.17) is 0 Å². The molecular formula is C28H48O6. The molecule has 0 spiro atoms. The predicted octanol–water partition coefficient (Wildman–Crippen LogP) is 3.69. The van der Waals surface area contributed by atoms with Crippen LogP contribution < -0.4 is 0 Å². The lowest BCUT2D eigenvalue weighted by Crippen LogP contribution is -2.63. The fourth-order valence-electron chi connectivity index (χ4n) is 9.56. The van der Waals surface area contributed by atoms with Crippen molar-refractivity contribution in [2.45, 2.75) is 110 Å². The number of aliphatic hydroxyl groups excluding tert-OH is 4. The van der Waals surface area contributed by atoms with E-state index < -0.39 is 30.4 Å². The minimum Gasteiger partial charge on any atom is -0.481 e. The summed E-state index contributed by atoms with van der Waals surface area (Å²) in [5.41, 5.74) is -0.464. The summed E-state index contributed by atoms with van der Waals surface area (Å²) in [6.07, 6.45) is 3.50. The molecule has 0 aliphatic heterocycles. The van der Waals surface area contributed by atoms with Crippen molar-refractivity contribution in [1.29, 1.82) is 0 Å². The molecule has 0 aromatic carbocycles. The quantitative estimate of drug-likeness (QED) is 0.396. The van der Waals surface area contributed by atoms with Gasteiger partial charge in [0.1, 0.15) is 0 Å². The summed E-state index contributed by atoms with van der Waals surface area (Å²) in [6, 6.07) is 0. The number of carboxylic acid groups (broad SMARTS) is 1. The van der Waals surface area contributed by atoms with Gasteiger partial charge in [0.25, 0.3) is 0 Å². The fourth-order valence-corrected chi connectivity index (χ4v) is 9.56. The lowest BCUT2D eigenvalue weighted by Gasteiger charge is -2.64. The molecule has 4 saturated carbocycles. The summed E-state index contributed by atoms with van der Waals surface area (Å²) in [7, 11) is 0. The van der Waals surface area contributed by atoms with Crippen molar-refractivity contribution in [3.8, 4) is 0 Å². The lowest BCUT2D eigenvalue weighted by molar-refractivity contribution is -0.219. The second kappa shape index (κ2) is 9.32. The number of aliphatic hydroxyl groups is 4. The van der Waals surface area contributed by atoms with Crippen molar-refractivity contribution in [2.24, 2.45) is 58.2 Å². The minimum absolute atomic E-state index is 0.105. The van der Waals surface area contributed by atoms with Crippen molar-refractivity contribution in [1.82, 2.24) is 0 Å². The van der Waals surface area contributed by atoms with Gasteiger partial charge in [0.05, 0.1) is 30.3 Å². The third kappa shape index (κ3) is 4.05. The number of hydrogen-bond acceptors (Lipinski definition) is 5. The highest BCUT2D eigenvalue weighted by Crippen LogP contribution is 2.68. The maximum atomic E-state index is 11.7. The zero-order valence-corrected chi connectivity index (χ0v) is 21.7. The molecule has 5 N–H and O–H groups in total. The number of carboxylic acids is 1. The Balaban J connectivity index is 1.55. The Morgan fingerprint density at radius 1 is 0.882 bits per heavy atom. The van der Waals surface area contributed by atoms with E-state index in [1.807, 2.05) is 13.8 Å². The van der Waals surface area contributed by atoms with Gasteiger partial charge in [0.2, 0.25) is 0 Å². The Hall–Kier alpha value is -0.690. The van der Waals surface area contributed by atoms with Crippen molar-refractivity contribution in [3.05, 3.63) is 0 Å². The standard InChI is InChI=1S/C28H48O6/c1-14(2)17(26(33)34)7-6-15(3)18-8-9-19-25-20(12-24(32)28(18,19)5)27(4)13-23(31)21(29)10-16(27)11-22(25)30/h14-25,29-32H,6-13H2,1-5H3,(H,33,34)/t15-,16?,17?,18-,19+,20+,21?,22?,23?,24?,25+,27+,28-/m1/s1. The molecule has 0 amide bonds. The third-order valence-corrected chi connectivity index (χ3v) is 11.6. The van der Waals surface area contributed by atoms with E-state index in [1.54, 1.807) is 0 Å². The van der Waals surface area contributed by atoms with Crippen LogP contribution in [0.25, 0.3) is 0 Å². The molecule has 0 radical (unpaired) electrons. The van der Waals surface area contributed by atoms with Crippen LogP contribution >= 0.6 is 0 Å². The summed E-state index contributed by atoms with van der Waals surface area (Å²) in [5, 5.41) is 53.5. The molecule has 6 nitrogen and oxygen atoms in total. The summed E-state index contributed by atoms with van der Waals surface area (Å²) in [5.74, 6) is 0.325. The first-order valence-corrected chi connectivity index (χ1v) is 13.8. The maximum absolute atomic E-state index is 11.7. The number of hydrogen-bond donors (Lipinski definition) is 5. The molecule has 0 bridgehead atoms. The summed E-state index contributed by atoms with van der Waals surface area (Å²) < 4.78 is 0. The highest BCUT2D eigenvalue weighted by Gasteiger charge is 2.66. The van der Waals surface area contributed by atoms with E-state index in [-0.39, 0.29) is 46.3 Å². The molecule has 4 aliphatic rings. The average Bonchev–Trinajstić information content (AvgIpc) is 3.09. The summed E-state index contributed by atoms with van der Waals surface area (Å²) in [4.78, 5) is 11.7. The molecule has 6 unspecified atom stereocenters. The van der Waals surface area contributed by atoms with Crippen LogP contribution in [0.1, 0.15) is 86.0 Å². The Bertz CT molecular complexity index is 755. The van der Waals surface area contributed by atoms with Gasteiger partial charge in [0, 0.05) is 0 Å². The van der Waals surface area contributed by atoms with Crippen LogP contribution in [0, 0.1) is 58.2 Å². The van der Waals surface area contributed by atoms with E-state index in [1.165, 1.54) is 0 Å². The van der Waals surface area contributed by atoms with Gasteiger partial charge in [-0.25, -0.2) is 0 Å². The number of rotatable bonds is 6. The third-order valence-electron chi connectivity index (χ3n) is 11.6. The van der Waals surface area contributed by atoms with Gasteiger partial charge in [-0.2, -0.15) is 0 Å². The maximum Gasteiger partial charge on any atom is 0.306 e. The largest absolute Gasteiger partial charge is 0.481 e. The molecule has 0 aromatic rings. The van der Waals surface area contributed by atoms with E-state index in [9.17, 15) is 30.3 Å². The molecule has 34 heavy (non-hydrogen) atoms. The molecule has 4 aliphatic carbocycles. The topological polar surface area (TPSA) is 118 Å². The number of aliphatic carboxylic acids is 1. The molecule has 4 rings (SSSR count). The summed E-state index contributed by atoms with van der Waals surface area (Å²) >= 11 is 0. The minimum atomic E-state index is -0.734. The van der Waals surface area contributed by atoms with Gasteiger partial charge in [0.15, 0.2) is 0 Å². The first-order chi connectivity index (χ1) is 15.8. The van der Waals surface area contributed by atoms with Crippen molar-refractivity contribution < 1.29 is 30.3 Å². The summed E-state index contributed by atoms with van der Waals surface area (Å²) in [6.45, 7) is 10.6. The van der Waals surface area contributed by atoms with Gasteiger partial charge in [-0.1, -0.05) is 34.6 Å². The monoisotopic (exact) mass is 480 g/mol. The van der Waals surface area contributed by atoms with Gasteiger partial charge in [-0.05, 0) is 104 Å². The van der Waals surface area contributed by atoms with Gasteiger partial charge in [-0.3, -0.25) is 4.79 Å². The van der Waals surface area contributed by atoms with Gasteiger partial charge >= 0.3 is 5.97 Å². The normalized spacial score (nSPS) is 50.2. The molecule has 0 heterocycles. The molecular weight excluding hydrogens is 432 g/mol. The van der Waals surface area contributed by atoms with Crippen LogP contribution in [0.2, 0.25) is 0 Å². The molecule has 0 saturated heterocycles. The number of carbonyl (C=O) groups is 1. The molecule has 13 atom stereocenters. The smallest absolute Gasteiger partial charge is 0.306 e. The van der Waals surface area contributed by atoms with Crippen LogP contribution in [0.3, 0.4) is 0 Å². The van der Waals surface area contributed by atoms with Crippen molar-refractivity contribution in [2.75, 3.05) is 0 Å². The van der Waals surface area contributed by atoms with E-state index >= 15 is 0 Å². The lowest BCUT2D eigenvalue weighted by atomic mass is 9.43. The Morgan fingerprint density at radius 2 is 1.53 bits per heavy atom. The highest BCUT2D eigenvalue weighted by molar-refractivity contribution is 5.70. The second-order valence-corrected chi connectivity index (χ2v) is 13.4. The zero-order chi connectivity index (χ0) is 25.2. The second-order valence-electron chi connectivity index (χ2n) is 13.4. The Morgan fingerprint density at radius 3 is 2.15 bits per heavy atom. The first-order valence-electron chi connectivity index (χ1n) is 13.8. The van der Waals surface area contributed by atoms with Crippen LogP contribution in [-0.4, -0.2) is 55.9 Å². The van der Waals surface area contributed by atoms with E-state index in [0.717, 1.165) is 19.3 Å². The van der Waals surface area contributed by atoms with Gasteiger partial charge in [-0.15, -0.1) is 0 Å². The SMILES string of the molecule is CC(C)C(CC[C@@H](C)[C@H]1CC[C@H]2[C@@H]3C(O)CC4CC(O)C(O)C[C@]4(C)[C@H]3CC(O)[C@]12C)C(=O)O. The van der Waals surface area contributed by atoms with Crippen LogP contribution in [0.5, 0.6) is 0 Å². The number of fused-ring (bicyclic) bond motifs is 5. The van der Waals surface area contributed by atoms with Crippen LogP contribution in [0.4, 0.5) is 0 Å². The zero-order valence-electron chi connectivity index (χ0n) is 21.7. The van der Waals surface area contributed by atoms with Crippen LogP contribution in [0.15, 0.2) is 0 Å². The molecule has 196 valence electrons. The first kappa shape index (κ1) is 26.4. The Kier molecular flexibility index (Phi) is 7.23. The van der Waals surface area contributed by atoms with Crippen molar-refractivity contribution in [3.63, 3.8) is 0 Å². The average molecular weight is 481 g/mol. The Labute approximate surface area is 205 Å². The van der Waals surface area contributed by atoms with E-state index in [2.05, 4.69) is 20.8 Å². The van der Waals surface area contributed by atoms with Gasteiger partial charge < -0.3 is 25.5 Å². The molecule has 4 fully saturated rings. The molecule has 6 heteroatoms. The highest BCUT2D eigenvalue weighted by atomic mass is 16.4. The van der Waals surface area contributed by atoms with E-state index in [0.29, 0.717) is 43.9 Å². The molecule has 0 aromatic heterocycles. The fraction of sp³-hybridized carbons (Fsp3) is 0.964. The van der Waals surface area contributed by atoms with Crippen molar-refractivity contribution >= 4 is 5.97 Å². The predicted molar refractivity (Wildman–Crippen MR) is 130 cm³/mol.